The van der Waals surface area contributed by atoms with Crippen molar-refractivity contribution in [3.63, 3.8) is 0 Å². The van der Waals surface area contributed by atoms with E-state index >= 15 is 0 Å². The van der Waals surface area contributed by atoms with E-state index in [9.17, 15) is 47.7 Å². The van der Waals surface area contributed by atoms with Gasteiger partial charge in [-0.15, -0.1) is 16.2 Å². The molecule has 1 aromatic carbocycles. The predicted molar refractivity (Wildman–Crippen MR) is 137 cm³/mol. The average molecular weight is 615 g/mol. The molecule has 0 aliphatic carbocycles. The fourth-order valence-corrected chi connectivity index (χ4v) is 4.00. The van der Waals surface area contributed by atoms with Crippen molar-refractivity contribution < 1.29 is 52.5 Å². The third-order valence-corrected chi connectivity index (χ3v) is 6.61. The number of hydrogen-bond donors (Lipinski definition) is 8. The van der Waals surface area contributed by atoms with Crippen LogP contribution in [0.5, 0.6) is 11.5 Å². The molecule has 220 valence electrons. The summed E-state index contributed by atoms with van der Waals surface area (Å²) >= 11 is 0.937. The Labute approximate surface area is 234 Å². The second-order valence-corrected chi connectivity index (χ2v) is 10.8. The SMILES string of the molecule is CC(C)(ON=C(C(=O)N[C@H]1CN(C(=O)NS(=O)(=O)NNC(=O)c2cccc(O)c2O)C1=O)c1csc(N)n1)C(=O)O. The summed E-state index contributed by atoms with van der Waals surface area (Å²) in [6.45, 7) is 1.85. The Morgan fingerprint density at radius 1 is 1.24 bits per heavy atom. The minimum absolute atomic E-state index is 0.0466. The number of amides is 5. The number of nitrogens with two attached hydrogens (primary N) is 1. The zero-order chi connectivity index (χ0) is 30.7. The molecular formula is C20H22N8O11S2. The van der Waals surface area contributed by atoms with Crippen LogP contribution >= 0.6 is 11.3 Å². The lowest BCUT2D eigenvalue weighted by atomic mass is 10.1. The molecule has 1 saturated heterocycles. The molecule has 0 bridgehead atoms. The van der Waals surface area contributed by atoms with E-state index in [-0.39, 0.29) is 10.8 Å². The fourth-order valence-electron chi connectivity index (χ4n) is 2.83. The van der Waals surface area contributed by atoms with Gasteiger partial charge in [-0.05, 0) is 26.0 Å². The van der Waals surface area contributed by atoms with Crippen LogP contribution in [0.4, 0.5) is 9.93 Å². The molecule has 1 fully saturated rings. The molecule has 1 aromatic heterocycles. The molecule has 3 rings (SSSR count). The maximum Gasteiger partial charge on any atom is 0.350 e. The first-order chi connectivity index (χ1) is 19.0. The largest absolute Gasteiger partial charge is 0.504 e. The van der Waals surface area contributed by atoms with E-state index < -0.39 is 80.9 Å². The van der Waals surface area contributed by atoms with Crippen LogP contribution in [-0.2, 0) is 29.4 Å². The molecule has 5 amide bonds. The molecule has 1 aliphatic rings. The van der Waals surface area contributed by atoms with Crippen molar-refractivity contribution in [3.05, 3.63) is 34.8 Å². The number of carboxylic acids is 1. The van der Waals surface area contributed by atoms with Gasteiger partial charge in [-0.25, -0.2) is 19.3 Å². The highest BCUT2D eigenvalue weighted by Crippen LogP contribution is 2.27. The molecule has 1 atom stereocenters. The summed E-state index contributed by atoms with van der Waals surface area (Å²) in [7, 11) is -4.78. The number of nitrogens with zero attached hydrogens (tertiary/aromatic N) is 3. The third kappa shape index (κ3) is 7.14. The molecular weight excluding hydrogens is 592 g/mol. The number of nitrogens with one attached hydrogen (secondary N) is 4. The number of hydrazine groups is 1. The smallest absolute Gasteiger partial charge is 0.350 e. The van der Waals surface area contributed by atoms with Crippen molar-refractivity contribution in [1.82, 2.24) is 30.2 Å². The van der Waals surface area contributed by atoms with E-state index in [1.54, 1.807) is 5.43 Å². The zero-order valence-electron chi connectivity index (χ0n) is 20.9. The van der Waals surface area contributed by atoms with Crippen molar-refractivity contribution in [2.75, 3.05) is 12.3 Å². The van der Waals surface area contributed by atoms with Crippen LogP contribution in [-0.4, -0.2) is 87.2 Å². The van der Waals surface area contributed by atoms with Crippen LogP contribution in [0.25, 0.3) is 0 Å². The van der Waals surface area contributed by atoms with Gasteiger partial charge in [0.05, 0.1) is 12.1 Å². The number of aromatic hydroxyl groups is 2. The van der Waals surface area contributed by atoms with Crippen molar-refractivity contribution in [1.29, 1.82) is 0 Å². The molecule has 0 saturated carbocycles. The van der Waals surface area contributed by atoms with E-state index in [4.69, 9.17) is 10.6 Å². The number of rotatable bonds is 10. The number of phenols is 2. The molecule has 0 spiro atoms. The highest BCUT2D eigenvalue weighted by atomic mass is 32.2. The number of β-lactam (4-membered cyclic amide) rings is 1. The normalized spacial score (nSPS) is 15.5. The Kier molecular flexibility index (Phi) is 8.64. The molecule has 2 heterocycles. The Morgan fingerprint density at radius 3 is 2.51 bits per heavy atom. The Balaban J connectivity index is 1.59. The molecule has 19 nitrogen and oxygen atoms in total. The molecule has 9 N–H and O–H groups in total. The summed E-state index contributed by atoms with van der Waals surface area (Å²) in [6, 6.07) is 0.604. The first kappa shape index (κ1) is 30.5. The van der Waals surface area contributed by atoms with Crippen LogP contribution in [0, 0.1) is 0 Å². The Bertz CT molecular complexity index is 1550. The van der Waals surface area contributed by atoms with Crippen LogP contribution in [0.15, 0.2) is 28.7 Å². The van der Waals surface area contributed by atoms with Crippen molar-refractivity contribution in [2.24, 2.45) is 5.16 Å². The maximum atomic E-state index is 12.8. The van der Waals surface area contributed by atoms with Crippen molar-refractivity contribution in [2.45, 2.75) is 25.5 Å². The first-order valence-corrected chi connectivity index (χ1v) is 13.4. The van der Waals surface area contributed by atoms with Gasteiger partial charge in [0.2, 0.25) is 5.60 Å². The number of thiazole rings is 1. The number of carbonyl (C=O) groups excluding carboxylic acids is 4. The number of para-hydroxylation sites is 1. The summed E-state index contributed by atoms with van der Waals surface area (Å²) in [6.07, 6.45) is 0. The van der Waals surface area contributed by atoms with E-state index in [0.29, 0.717) is 4.90 Å². The quantitative estimate of drug-likeness (QED) is 0.0619. The Morgan fingerprint density at radius 2 is 1.93 bits per heavy atom. The summed E-state index contributed by atoms with van der Waals surface area (Å²) in [5, 5.41) is 35.5. The predicted octanol–water partition coefficient (Wildman–Crippen LogP) is -2.06. The van der Waals surface area contributed by atoms with Gasteiger partial charge in [-0.1, -0.05) is 11.2 Å². The van der Waals surface area contributed by atoms with Gasteiger partial charge in [0.25, 0.3) is 17.7 Å². The number of likely N-dealkylation sites (tertiary alicyclic amines) is 1. The van der Waals surface area contributed by atoms with Crippen LogP contribution in [0.2, 0.25) is 0 Å². The van der Waals surface area contributed by atoms with Gasteiger partial charge >= 0.3 is 22.2 Å². The number of aromatic nitrogens is 1. The van der Waals surface area contributed by atoms with Crippen LogP contribution in [0.3, 0.4) is 0 Å². The molecule has 21 heteroatoms. The number of carbonyl (C=O) groups is 5. The number of urea groups is 1. The van der Waals surface area contributed by atoms with Crippen LogP contribution < -0.4 is 26.0 Å². The average Bonchev–Trinajstić information content (AvgIpc) is 3.31. The van der Waals surface area contributed by atoms with E-state index in [0.717, 1.165) is 23.5 Å². The van der Waals surface area contributed by atoms with E-state index in [1.807, 2.05) is 0 Å². The summed E-state index contributed by atoms with van der Waals surface area (Å²) in [4.78, 5) is 71.7. The lowest BCUT2D eigenvalue weighted by Gasteiger charge is -2.36. The number of benzene rings is 1. The lowest BCUT2D eigenvalue weighted by Crippen LogP contribution is -2.68. The van der Waals surface area contributed by atoms with Gasteiger partial charge in [0, 0.05) is 5.38 Å². The second kappa shape index (κ2) is 11.6. The number of anilines is 1. The standard InChI is InChI=1S/C20H22N8O11S2/c1-20(2,17(34)35)39-25-12(10-7-40-18(21)23-10)15(32)22-9-6-28(16(9)33)19(36)26-41(37,38)27-24-14(31)8-4-3-5-11(29)13(8)30/h3-5,7,9,27,29-30H,6H2,1-2H3,(H2,21,23)(H,22,32)(H,24,31)(H,26,36)(H,34,35)/t9-/m0/s1. The number of hydrogen-bond acceptors (Lipinski definition) is 14. The second-order valence-electron chi connectivity index (χ2n) is 8.53. The monoisotopic (exact) mass is 614 g/mol. The highest BCUT2D eigenvalue weighted by molar-refractivity contribution is 7.88. The summed E-state index contributed by atoms with van der Waals surface area (Å²) in [5.74, 6) is -6.11. The minimum Gasteiger partial charge on any atom is -0.504 e. The molecule has 41 heavy (non-hydrogen) atoms. The fraction of sp³-hybridized carbons (Fsp3) is 0.250. The van der Waals surface area contributed by atoms with E-state index in [2.05, 4.69) is 15.5 Å². The number of nitrogen functional groups attached to an aromatic ring is 1. The van der Waals surface area contributed by atoms with Gasteiger partial charge in [0.1, 0.15) is 11.7 Å². The molecule has 1 aliphatic heterocycles. The summed E-state index contributed by atoms with van der Waals surface area (Å²) < 4.78 is 25.7. The summed E-state index contributed by atoms with van der Waals surface area (Å²) in [5.41, 5.74) is 4.32. The van der Waals surface area contributed by atoms with Gasteiger partial charge in [0.15, 0.2) is 22.3 Å². The number of phenolic OH excluding ortho intramolecular Hbond substituents is 2. The number of carboxylic acid groups (broad SMARTS) is 1. The third-order valence-electron chi connectivity index (χ3n) is 5.12. The first-order valence-electron chi connectivity index (χ1n) is 11.0. The van der Waals surface area contributed by atoms with Gasteiger partial charge in [-0.2, -0.15) is 8.42 Å². The van der Waals surface area contributed by atoms with Crippen LogP contribution in [0.1, 0.15) is 29.9 Å². The van der Waals surface area contributed by atoms with Gasteiger partial charge < -0.3 is 31.2 Å². The molecule has 0 radical (unpaired) electrons. The minimum atomic E-state index is -4.78. The van der Waals surface area contributed by atoms with E-state index in [1.165, 1.54) is 34.8 Å². The van der Waals surface area contributed by atoms with Crippen molar-refractivity contribution in [3.8, 4) is 11.5 Å². The molecule has 0 unspecified atom stereocenters. The molecule has 2 aromatic rings. The highest BCUT2D eigenvalue weighted by Gasteiger charge is 2.43. The van der Waals surface area contributed by atoms with Crippen molar-refractivity contribution >= 4 is 62.1 Å². The topological polar surface area (TPSA) is 292 Å². The van der Waals surface area contributed by atoms with Gasteiger partial charge in [-0.3, -0.25) is 24.7 Å². The number of aliphatic carboxylic acids is 1. The Hall–Kier alpha value is -5.02. The number of imide groups is 1. The maximum absolute atomic E-state index is 12.8. The zero-order valence-corrected chi connectivity index (χ0v) is 22.6. The number of oxime groups is 1. The lowest BCUT2D eigenvalue weighted by molar-refractivity contribution is -0.161.